The molecule has 0 atom stereocenters. The van der Waals surface area contributed by atoms with E-state index in [4.69, 9.17) is 9.84 Å². The summed E-state index contributed by atoms with van der Waals surface area (Å²) in [5.74, 6) is -0.956. The zero-order valence-electron chi connectivity index (χ0n) is 14.1. The third-order valence-electron chi connectivity index (χ3n) is 4.12. The number of carbonyl (C=O) groups is 1. The van der Waals surface area contributed by atoms with E-state index in [1.165, 1.54) is 5.69 Å². The van der Waals surface area contributed by atoms with Crippen molar-refractivity contribution in [2.45, 2.75) is 6.92 Å². The molecule has 0 aromatic heterocycles. The molecule has 0 bridgehead atoms. The Morgan fingerprint density at radius 2 is 1.84 bits per heavy atom. The van der Waals surface area contributed by atoms with Gasteiger partial charge in [0.25, 0.3) is 0 Å². The normalized spacial score (nSPS) is 15.1. The van der Waals surface area contributed by atoms with Crippen molar-refractivity contribution in [2.75, 3.05) is 36.6 Å². The van der Waals surface area contributed by atoms with E-state index in [1.54, 1.807) is 24.3 Å². The molecule has 6 heteroatoms. The highest BCUT2D eigenvalue weighted by molar-refractivity contribution is 5.99. The quantitative estimate of drug-likeness (QED) is 0.647. The van der Waals surface area contributed by atoms with Crippen LogP contribution in [-0.4, -0.2) is 43.1 Å². The molecule has 2 aromatic carbocycles. The Kier molecular flexibility index (Phi) is 5.30. The lowest BCUT2D eigenvalue weighted by Crippen LogP contribution is -2.36. The van der Waals surface area contributed by atoms with Gasteiger partial charge in [0.05, 0.1) is 30.2 Å². The van der Waals surface area contributed by atoms with E-state index in [-0.39, 0.29) is 5.56 Å². The summed E-state index contributed by atoms with van der Waals surface area (Å²) in [6, 6.07) is 14.8. The van der Waals surface area contributed by atoms with Crippen molar-refractivity contribution in [2.24, 2.45) is 5.10 Å². The summed E-state index contributed by atoms with van der Waals surface area (Å²) >= 11 is 0. The van der Waals surface area contributed by atoms with Crippen LogP contribution in [0.4, 0.5) is 11.4 Å². The number of nitrogens with zero attached hydrogens (tertiary/aromatic N) is 2. The summed E-state index contributed by atoms with van der Waals surface area (Å²) in [5.41, 5.74) is 6.81. The second-order valence-electron chi connectivity index (χ2n) is 5.84. The zero-order valence-corrected chi connectivity index (χ0v) is 14.1. The van der Waals surface area contributed by atoms with Crippen molar-refractivity contribution in [3.05, 3.63) is 59.7 Å². The average Bonchev–Trinajstić information content (AvgIpc) is 2.67. The van der Waals surface area contributed by atoms with Crippen LogP contribution in [0.3, 0.4) is 0 Å². The SMILES string of the molecule is C/C(=N\Nc1cccc(C(=O)O)c1)c1ccc(N2CCOCC2)cc1. The number of hydrazone groups is 1. The lowest BCUT2D eigenvalue weighted by atomic mass is 10.1. The molecule has 25 heavy (non-hydrogen) atoms. The second kappa shape index (κ2) is 7.81. The molecule has 1 fully saturated rings. The first-order valence-corrected chi connectivity index (χ1v) is 8.20. The van der Waals surface area contributed by atoms with Crippen LogP contribution in [0.5, 0.6) is 0 Å². The Morgan fingerprint density at radius 1 is 1.12 bits per heavy atom. The standard InChI is InChI=1S/C19H21N3O3/c1-14(20-21-17-4-2-3-16(13-17)19(23)24)15-5-7-18(8-6-15)22-9-11-25-12-10-22/h2-8,13,21H,9-12H2,1H3,(H,23,24)/b20-14+. The predicted octanol–water partition coefficient (Wildman–Crippen LogP) is 3.06. The number of carboxylic acid groups (broad SMARTS) is 1. The van der Waals surface area contributed by atoms with E-state index >= 15 is 0 Å². The molecule has 1 saturated heterocycles. The fourth-order valence-corrected chi connectivity index (χ4v) is 2.67. The van der Waals surface area contributed by atoms with Crippen molar-refractivity contribution >= 4 is 23.1 Å². The predicted molar refractivity (Wildman–Crippen MR) is 98.7 cm³/mol. The van der Waals surface area contributed by atoms with Crippen molar-refractivity contribution in [3.63, 3.8) is 0 Å². The van der Waals surface area contributed by atoms with Gasteiger partial charge in [0.1, 0.15) is 0 Å². The molecule has 0 saturated carbocycles. The molecule has 0 spiro atoms. The summed E-state index contributed by atoms with van der Waals surface area (Å²) < 4.78 is 5.37. The van der Waals surface area contributed by atoms with Gasteiger partial charge < -0.3 is 14.7 Å². The van der Waals surface area contributed by atoms with Crippen molar-refractivity contribution in [3.8, 4) is 0 Å². The monoisotopic (exact) mass is 339 g/mol. The molecule has 2 aromatic rings. The van der Waals surface area contributed by atoms with E-state index in [1.807, 2.05) is 19.1 Å². The number of hydrogen-bond donors (Lipinski definition) is 2. The molecule has 130 valence electrons. The smallest absolute Gasteiger partial charge is 0.335 e. The Labute approximate surface area is 146 Å². The van der Waals surface area contributed by atoms with Crippen molar-refractivity contribution < 1.29 is 14.6 Å². The van der Waals surface area contributed by atoms with Crippen LogP contribution in [-0.2, 0) is 4.74 Å². The Balaban J connectivity index is 1.67. The highest BCUT2D eigenvalue weighted by Gasteiger charge is 2.11. The van der Waals surface area contributed by atoms with Crippen LogP contribution < -0.4 is 10.3 Å². The molecular formula is C19H21N3O3. The van der Waals surface area contributed by atoms with E-state index < -0.39 is 5.97 Å². The topological polar surface area (TPSA) is 74.2 Å². The molecule has 3 rings (SSSR count). The number of morpholine rings is 1. The number of rotatable bonds is 5. The Bertz CT molecular complexity index is 766. The van der Waals surface area contributed by atoms with Crippen molar-refractivity contribution in [1.82, 2.24) is 0 Å². The van der Waals surface area contributed by atoms with Gasteiger partial charge in [-0.25, -0.2) is 4.79 Å². The van der Waals surface area contributed by atoms with Crippen LogP contribution in [0.1, 0.15) is 22.8 Å². The summed E-state index contributed by atoms with van der Waals surface area (Å²) in [6.45, 7) is 5.27. The van der Waals surface area contributed by atoms with Crippen LogP contribution >= 0.6 is 0 Å². The molecule has 0 radical (unpaired) electrons. The van der Waals surface area contributed by atoms with Gasteiger partial charge in [-0.05, 0) is 42.8 Å². The van der Waals surface area contributed by atoms with Gasteiger partial charge >= 0.3 is 5.97 Å². The summed E-state index contributed by atoms with van der Waals surface area (Å²) in [5, 5.41) is 13.4. The van der Waals surface area contributed by atoms with E-state index in [2.05, 4.69) is 27.6 Å². The molecule has 1 aliphatic rings. The third-order valence-corrected chi connectivity index (χ3v) is 4.12. The maximum Gasteiger partial charge on any atom is 0.335 e. The minimum absolute atomic E-state index is 0.229. The third kappa shape index (κ3) is 4.36. The zero-order chi connectivity index (χ0) is 17.6. The van der Waals surface area contributed by atoms with Gasteiger partial charge in [-0.15, -0.1) is 0 Å². The number of hydrogen-bond acceptors (Lipinski definition) is 5. The number of carboxylic acids is 1. The summed E-state index contributed by atoms with van der Waals surface area (Å²) in [4.78, 5) is 13.3. The maximum absolute atomic E-state index is 11.0. The Hall–Kier alpha value is -2.86. The van der Waals surface area contributed by atoms with Gasteiger partial charge in [-0.1, -0.05) is 18.2 Å². The second-order valence-corrected chi connectivity index (χ2v) is 5.84. The highest BCUT2D eigenvalue weighted by atomic mass is 16.5. The first-order valence-electron chi connectivity index (χ1n) is 8.20. The maximum atomic E-state index is 11.0. The van der Waals surface area contributed by atoms with E-state index in [0.29, 0.717) is 5.69 Å². The molecule has 2 N–H and O–H groups in total. The molecule has 1 heterocycles. The summed E-state index contributed by atoms with van der Waals surface area (Å²) in [6.07, 6.45) is 0. The number of anilines is 2. The van der Waals surface area contributed by atoms with E-state index in [9.17, 15) is 4.79 Å². The lowest BCUT2D eigenvalue weighted by Gasteiger charge is -2.28. The van der Waals surface area contributed by atoms with E-state index in [0.717, 1.165) is 37.6 Å². The van der Waals surface area contributed by atoms with Gasteiger partial charge in [0, 0.05) is 18.8 Å². The molecule has 6 nitrogen and oxygen atoms in total. The number of benzene rings is 2. The minimum Gasteiger partial charge on any atom is -0.478 e. The van der Waals surface area contributed by atoms with Crippen molar-refractivity contribution in [1.29, 1.82) is 0 Å². The average molecular weight is 339 g/mol. The first kappa shape index (κ1) is 17.0. The van der Waals surface area contributed by atoms with Crippen LogP contribution in [0.2, 0.25) is 0 Å². The fraction of sp³-hybridized carbons (Fsp3) is 0.263. The molecule has 0 amide bonds. The number of ether oxygens (including phenoxy) is 1. The van der Waals surface area contributed by atoms with Crippen LogP contribution in [0.25, 0.3) is 0 Å². The van der Waals surface area contributed by atoms with Gasteiger partial charge in [-0.3, -0.25) is 5.43 Å². The molecule has 0 unspecified atom stereocenters. The lowest BCUT2D eigenvalue weighted by molar-refractivity contribution is 0.0697. The van der Waals surface area contributed by atoms with Crippen LogP contribution in [0, 0.1) is 0 Å². The number of aromatic carboxylic acids is 1. The molecule has 1 aliphatic heterocycles. The van der Waals surface area contributed by atoms with Gasteiger partial charge in [0.15, 0.2) is 0 Å². The number of nitrogens with one attached hydrogen (secondary N) is 1. The first-order chi connectivity index (χ1) is 12.1. The van der Waals surface area contributed by atoms with Gasteiger partial charge in [0.2, 0.25) is 0 Å². The summed E-state index contributed by atoms with van der Waals surface area (Å²) in [7, 11) is 0. The molecule has 0 aliphatic carbocycles. The largest absolute Gasteiger partial charge is 0.478 e. The highest BCUT2D eigenvalue weighted by Crippen LogP contribution is 2.17. The minimum atomic E-state index is -0.956. The van der Waals surface area contributed by atoms with Gasteiger partial charge in [-0.2, -0.15) is 5.10 Å². The Morgan fingerprint density at radius 3 is 2.52 bits per heavy atom. The molecular weight excluding hydrogens is 318 g/mol. The van der Waals surface area contributed by atoms with Crippen LogP contribution in [0.15, 0.2) is 53.6 Å². The fourth-order valence-electron chi connectivity index (χ4n) is 2.67.